The SMILES string of the molecule is O=C(/C(=N/N=Cc1ccc([N+](=O)[O-])cc1)c1ccccc1)c1ccccc1. The Morgan fingerprint density at radius 3 is 1.93 bits per heavy atom. The number of nitro groups is 1. The highest BCUT2D eigenvalue weighted by molar-refractivity contribution is 6.51. The normalized spacial score (nSPS) is 11.5. The fourth-order valence-electron chi connectivity index (χ4n) is 2.39. The summed E-state index contributed by atoms with van der Waals surface area (Å²) in [7, 11) is 0. The van der Waals surface area contributed by atoms with E-state index in [0.29, 0.717) is 16.7 Å². The van der Waals surface area contributed by atoms with Gasteiger partial charge in [0.25, 0.3) is 5.69 Å². The van der Waals surface area contributed by atoms with Crippen molar-refractivity contribution in [2.75, 3.05) is 0 Å². The second-order valence-corrected chi connectivity index (χ2v) is 5.60. The first-order valence-corrected chi connectivity index (χ1v) is 8.16. The lowest BCUT2D eigenvalue weighted by Gasteiger charge is -2.04. The number of hydrogen-bond donors (Lipinski definition) is 0. The van der Waals surface area contributed by atoms with Gasteiger partial charge in [0.05, 0.1) is 11.1 Å². The Balaban J connectivity index is 1.90. The largest absolute Gasteiger partial charge is 0.287 e. The van der Waals surface area contributed by atoms with Gasteiger partial charge < -0.3 is 0 Å². The van der Waals surface area contributed by atoms with Gasteiger partial charge in [-0.15, -0.1) is 5.10 Å². The number of carbonyl (C=O) groups excluding carboxylic acids is 1. The van der Waals surface area contributed by atoms with E-state index in [0.717, 1.165) is 0 Å². The van der Waals surface area contributed by atoms with Crippen molar-refractivity contribution in [1.82, 2.24) is 0 Å². The molecule has 6 nitrogen and oxygen atoms in total. The molecule has 0 saturated heterocycles. The fraction of sp³-hybridized carbons (Fsp3) is 0. The summed E-state index contributed by atoms with van der Waals surface area (Å²) in [6.07, 6.45) is 1.45. The van der Waals surface area contributed by atoms with Gasteiger partial charge >= 0.3 is 0 Å². The van der Waals surface area contributed by atoms with E-state index >= 15 is 0 Å². The molecule has 27 heavy (non-hydrogen) atoms. The van der Waals surface area contributed by atoms with Crippen molar-refractivity contribution in [1.29, 1.82) is 0 Å². The van der Waals surface area contributed by atoms with E-state index < -0.39 is 4.92 Å². The van der Waals surface area contributed by atoms with Crippen molar-refractivity contribution >= 4 is 23.4 Å². The van der Waals surface area contributed by atoms with Crippen molar-refractivity contribution in [2.45, 2.75) is 0 Å². The molecular formula is C21H15N3O3. The van der Waals surface area contributed by atoms with Crippen LogP contribution in [-0.2, 0) is 0 Å². The van der Waals surface area contributed by atoms with Crippen LogP contribution in [0, 0.1) is 10.1 Å². The smallest absolute Gasteiger partial charge is 0.269 e. The predicted molar refractivity (Wildman–Crippen MR) is 104 cm³/mol. The molecule has 0 N–H and O–H groups in total. The molecule has 3 aromatic rings. The summed E-state index contributed by atoms with van der Waals surface area (Å²) >= 11 is 0. The average Bonchev–Trinajstić information content (AvgIpc) is 2.72. The average molecular weight is 357 g/mol. The first kappa shape index (κ1) is 17.9. The minimum absolute atomic E-state index is 0.000110. The van der Waals surface area contributed by atoms with E-state index in [4.69, 9.17) is 0 Å². The first-order chi connectivity index (χ1) is 13.1. The van der Waals surface area contributed by atoms with Gasteiger partial charge in [0.1, 0.15) is 5.71 Å². The van der Waals surface area contributed by atoms with Crippen LogP contribution in [0.1, 0.15) is 21.5 Å². The van der Waals surface area contributed by atoms with Crippen LogP contribution in [0.2, 0.25) is 0 Å². The second kappa shape index (κ2) is 8.44. The molecule has 0 aliphatic rings. The Bertz CT molecular complexity index is 996. The van der Waals surface area contributed by atoms with E-state index in [9.17, 15) is 14.9 Å². The summed E-state index contributed by atoms with van der Waals surface area (Å²) in [6, 6.07) is 23.9. The first-order valence-electron chi connectivity index (χ1n) is 8.16. The molecule has 0 unspecified atom stereocenters. The Morgan fingerprint density at radius 2 is 1.37 bits per heavy atom. The number of ketones is 1. The highest BCUT2D eigenvalue weighted by atomic mass is 16.6. The lowest BCUT2D eigenvalue weighted by molar-refractivity contribution is -0.384. The van der Waals surface area contributed by atoms with E-state index in [1.54, 1.807) is 48.5 Å². The monoisotopic (exact) mass is 357 g/mol. The summed E-state index contributed by atoms with van der Waals surface area (Å²) in [4.78, 5) is 23.1. The third kappa shape index (κ3) is 4.58. The van der Waals surface area contributed by atoms with Gasteiger partial charge in [-0.3, -0.25) is 14.9 Å². The van der Waals surface area contributed by atoms with Crippen LogP contribution < -0.4 is 0 Å². The molecule has 0 saturated carbocycles. The molecule has 0 heterocycles. The second-order valence-electron chi connectivity index (χ2n) is 5.60. The Hall–Kier alpha value is -3.93. The molecule has 0 atom stereocenters. The van der Waals surface area contributed by atoms with Gasteiger partial charge in [0.2, 0.25) is 5.78 Å². The van der Waals surface area contributed by atoms with Crippen LogP contribution in [0.4, 0.5) is 5.69 Å². The molecule has 0 amide bonds. The highest BCUT2D eigenvalue weighted by Crippen LogP contribution is 2.12. The maximum absolute atomic E-state index is 12.8. The predicted octanol–water partition coefficient (Wildman–Crippen LogP) is 4.30. The molecule has 0 aromatic heterocycles. The Kier molecular flexibility index (Phi) is 5.59. The summed E-state index contributed by atoms with van der Waals surface area (Å²) in [5.74, 6) is -0.234. The van der Waals surface area contributed by atoms with Crippen molar-refractivity contribution in [2.24, 2.45) is 10.2 Å². The van der Waals surface area contributed by atoms with E-state index in [1.807, 2.05) is 24.3 Å². The maximum atomic E-state index is 12.8. The zero-order valence-electron chi connectivity index (χ0n) is 14.2. The van der Waals surface area contributed by atoms with Crippen LogP contribution in [-0.4, -0.2) is 22.6 Å². The minimum Gasteiger partial charge on any atom is -0.287 e. The van der Waals surface area contributed by atoms with Gasteiger partial charge in [-0.1, -0.05) is 60.7 Å². The van der Waals surface area contributed by atoms with Gasteiger partial charge in [0, 0.05) is 23.3 Å². The number of nitro benzene ring substituents is 1. The molecule has 0 spiro atoms. The lowest BCUT2D eigenvalue weighted by Crippen LogP contribution is -2.15. The van der Waals surface area contributed by atoms with Crippen LogP contribution >= 0.6 is 0 Å². The summed E-state index contributed by atoms with van der Waals surface area (Å²) in [5.41, 5.74) is 2.04. The van der Waals surface area contributed by atoms with E-state index in [-0.39, 0.29) is 17.2 Å². The van der Waals surface area contributed by atoms with Crippen molar-refractivity contribution in [3.63, 3.8) is 0 Å². The highest BCUT2D eigenvalue weighted by Gasteiger charge is 2.16. The Morgan fingerprint density at radius 1 is 0.815 bits per heavy atom. The number of rotatable bonds is 6. The Labute approximate surface area is 155 Å². The number of hydrogen-bond acceptors (Lipinski definition) is 5. The van der Waals surface area contributed by atoms with Crippen molar-refractivity contribution in [3.8, 4) is 0 Å². The third-order valence-corrected chi connectivity index (χ3v) is 3.77. The zero-order valence-corrected chi connectivity index (χ0v) is 14.2. The standard InChI is InChI=1S/C21H15N3O3/c25-21(18-9-5-2-6-10-18)20(17-7-3-1-4-8-17)23-22-15-16-11-13-19(14-12-16)24(26)27/h1-15H/b22-15?,23-20+. The summed E-state index contributed by atoms with van der Waals surface area (Å²) in [6.45, 7) is 0. The summed E-state index contributed by atoms with van der Waals surface area (Å²) < 4.78 is 0. The van der Waals surface area contributed by atoms with E-state index in [2.05, 4.69) is 10.2 Å². The van der Waals surface area contributed by atoms with Crippen LogP contribution in [0.3, 0.4) is 0 Å². The topological polar surface area (TPSA) is 84.9 Å². The lowest BCUT2D eigenvalue weighted by atomic mass is 10.0. The number of non-ortho nitro benzene ring substituents is 1. The molecular weight excluding hydrogens is 342 g/mol. The molecule has 6 heteroatoms. The molecule has 0 radical (unpaired) electrons. The molecule has 3 rings (SSSR count). The third-order valence-electron chi connectivity index (χ3n) is 3.77. The van der Waals surface area contributed by atoms with Crippen molar-refractivity contribution < 1.29 is 9.72 Å². The molecule has 0 bridgehead atoms. The minimum atomic E-state index is -0.467. The number of Topliss-reactive ketones (excluding diaryl/α,β-unsaturated/α-hetero) is 1. The van der Waals surface area contributed by atoms with E-state index in [1.165, 1.54) is 18.3 Å². The van der Waals surface area contributed by atoms with Crippen LogP contribution in [0.25, 0.3) is 0 Å². The van der Waals surface area contributed by atoms with Crippen molar-refractivity contribution in [3.05, 3.63) is 112 Å². The molecule has 0 aliphatic heterocycles. The molecule has 3 aromatic carbocycles. The number of benzene rings is 3. The van der Waals surface area contributed by atoms with Crippen LogP contribution in [0.15, 0.2) is 95.1 Å². The molecule has 0 aliphatic carbocycles. The van der Waals surface area contributed by atoms with Gasteiger partial charge in [-0.2, -0.15) is 5.10 Å². The van der Waals surface area contributed by atoms with Gasteiger partial charge in [0.15, 0.2) is 0 Å². The quantitative estimate of drug-likeness (QED) is 0.285. The van der Waals surface area contributed by atoms with Gasteiger partial charge in [-0.25, -0.2) is 0 Å². The van der Waals surface area contributed by atoms with Crippen LogP contribution in [0.5, 0.6) is 0 Å². The maximum Gasteiger partial charge on any atom is 0.269 e. The number of nitrogens with zero attached hydrogens (tertiary/aromatic N) is 3. The zero-order chi connectivity index (χ0) is 19.1. The van der Waals surface area contributed by atoms with Gasteiger partial charge in [-0.05, 0) is 17.7 Å². The molecule has 0 fully saturated rings. The molecule has 132 valence electrons. The summed E-state index contributed by atoms with van der Waals surface area (Å²) in [5, 5.41) is 18.8. The number of carbonyl (C=O) groups is 1. The fourth-order valence-corrected chi connectivity index (χ4v) is 2.39.